The van der Waals surface area contributed by atoms with E-state index in [4.69, 9.17) is 23.2 Å². The van der Waals surface area contributed by atoms with Crippen LogP contribution in [0.5, 0.6) is 0 Å². The van der Waals surface area contributed by atoms with Crippen molar-refractivity contribution in [2.24, 2.45) is 0 Å². The van der Waals surface area contributed by atoms with E-state index in [0.29, 0.717) is 21.4 Å². The number of amides is 2. The molecule has 0 spiro atoms. The van der Waals surface area contributed by atoms with E-state index in [1.807, 2.05) is 26.0 Å². The molecule has 2 amide bonds. The smallest absolute Gasteiger partial charge is 0.233 e. The Balaban J connectivity index is 1.98. The molecule has 0 heterocycles. The highest BCUT2D eigenvalue weighted by Gasteiger charge is 2.13. The van der Waals surface area contributed by atoms with Gasteiger partial charge in [0.1, 0.15) is 6.42 Å². The van der Waals surface area contributed by atoms with E-state index in [0.717, 1.165) is 11.1 Å². The molecule has 120 valence electrons. The van der Waals surface area contributed by atoms with Crippen LogP contribution in [-0.4, -0.2) is 11.8 Å². The molecule has 2 N–H and O–H groups in total. The van der Waals surface area contributed by atoms with Crippen molar-refractivity contribution in [2.75, 3.05) is 10.6 Å². The minimum Gasteiger partial charge on any atom is -0.325 e. The normalized spacial score (nSPS) is 10.3. The van der Waals surface area contributed by atoms with Crippen LogP contribution in [0, 0.1) is 13.8 Å². The first-order valence-corrected chi connectivity index (χ1v) is 7.73. The lowest BCUT2D eigenvalue weighted by atomic mass is 10.1. The predicted octanol–water partition coefficient (Wildman–Crippen LogP) is 4.58. The summed E-state index contributed by atoms with van der Waals surface area (Å²) in [6.07, 6.45) is -0.309. The fourth-order valence-corrected chi connectivity index (χ4v) is 2.35. The maximum absolute atomic E-state index is 12.0. The number of halogens is 2. The van der Waals surface area contributed by atoms with Gasteiger partial charge in [0.15, 0.2) is 0 Å². The third-order valence-electron chi connectivity index (χ3n) is 3.40. The fraction of sp³-hybridized carbons (Fsp3) is 0.176. The number of hydrogen-bond acceptors (Lipinski definition) is 2. The van der Waals surface area contributed by atoms with Crippen LogP contribution in [0.15, 0.2) is 36.4 Å². The molecule has 0 aromatic heterocycles. The van der Waals surface area contributed by atoms with E-state index < -0.39 is 11.8 Å². The van der Waals surface area contributed by atoms with Crippen LogP contribution >= 0.6 is 23.2 Å². The lowest BCUT2D eigenvalue weighted by Gasteiger charge is -2.11. The number of nitrogens with one attached hydrogen (secondary N) is 2. The molecular weight excluding hydrogens is 335 g/mol. The molecule has 23 heavy (non-hydrogen) atoms. The summed E-state index contributed by atoms with van der Waals surface area (Å²) in [4.78, 5) is 24.0. The van der Waals surface area contributed by atoms with Crippen molar-refractivity contribution < 1.29 is 9.59 Å². The first-order valence-electron chi connectivity index (χ1n) is 6.98. The number of carbonyl (C=O) groups excluding carboxylic acids is 2. The van der Waals surface area contributed by atoms with Gasteiger partial charge < -0.3 is 10.6 Å². The van der Waals surface area contributed by atoms with Gasteiger partial charge in [0.2, 0.25) is 11.8 Å². The molecule has 0 saturated carbocycles. The molecule has 2 aromatic carbocycles. The number of hydrogen-bond donors (Lipinski definition) is 2. The van der Waals surface area contributed by atoms with E-state index >= 15 is 0 Å². The molecule has 0 radical (unpaired) electrons. The Bertz CT molecular complexity index is 746. The van der Waals surface area contributed by atoms with Crippen molar-refractivity contribution in [1.29, 1.82) is 0 Å². The average molecular weight is 351 g/mol. The largest absolute Gasteiger partial charge is 0.325 e. The molecule has 0 aliphatic carbocycles. The maximum Gasteiger partial charge on any atom is 0.233 e. The van der Waals surface area contributed by atoms with Crippen molar-refractivity contribution in [3.05, 3.63) is 57.6 Å². The van der Waals surface area contributed by atoms with Gasteiger partial charge in [-0.2, -0.15) is 0 Å². The second-order valence-electron chi connectivity index (χ2n) is 5.14. The van der Waals surface area contributed by atoms with Gasteiger partial charge in [-0.25, -0.2) is 0 Å². The zero-order valence-electron chi connectivity index (χ0n) is 12.7. The third kappa shape index (κ3) is 4.71. The van der Waals surface area contributed by atoms with Gasteiger partial charge in [-0.3, -0.25) is 9.59 Å². The summed E-state index contributed by atoms with van der Waals surface area (Å²) >= 11 is 11.8. The first-order chi connectivity index (χ1) is 10.9. The Morgan fingerprint density at radius 1 is 0.957 bits per heavy atom. The molecule has 0 fully saturated rings. The van der Waals surface area contributed by atoms with Crippen LogP contribution in [0.4, 0.5) is 11.4 Å². The van der Waals surface area contributed by atoms with Gasteiger partial charge in [0.25, 0.3) is 0 Å². The van der Waals surface area contributed by atoms with Crippen LogP contribution in [0.2, 0.25) is 10.0 Å². The van der Waals surface area contributed by atoms with E-state index in [9.17, 15) is 9.59 Å². The fourth-order valence-electron chi connectivity index (χ4n) is 2.01. The highest BCUT2D eigenvalue weighted by molar-refractivity contribution is 6.35. The molecule has 0 bridgehead atoms. The number of anilines is 2. The first kappa shape index (κ1) is 17.3. The van der Waals surface area contributed by atoms with Crippen molar-refractivity contribution in [3.8, 4) is 0 Å². The second kappa shape index (κ2) is 7.49. The Morgan fingerprint density at radius 2 is 1.61 bits per heavy atom. The summed E-state index contributed by atoms with van der Waals surface area (Å²) in [5.74, 6) is -0.855. The molecule has 0 atom stereocenters. The molecule has 6 heteroatoms. The van der Waals surface area contributed by atoms with Crippen molar-refractivity contribution >= 4 is 46.4 Å². The quantitative estimate of drug-likeness (QED) is 0.793. The second-order valence-corrected chi connectivity index (χ2v) is 5.99. The lowest BCUT2D eigenvalue weighted by molar-refractivity contribution is -0.123. The number of carbonyl (C=O) groups is 2. The summed E-state index contributed by atoms with van der Waals surface area (Å²) in [6.45, 7) is 3.87. The van der Waals surface area contributed by atoms with Crippen LogP contribution in [-0.2, 0) is 9.59 Å². The molecule has 0 unspecified atom stereocenters. The summed E-state index contributed by atoms with van der Waals surface area (Å²) in [7, 11) is 0. The minimum atomic E-state index is -0.461. The van der Waals surface area contributed by atoms with Gasteiger partial charge in [0.05, 0.1) is 10.7 Å². The number of benzene rings is 2. The highest BCUT2D eigenvalue weighted by atomic mass is 35.5. The van der Waals surface area contributed by atoms with E-state index in [-0.39, 0.29) is 6.42 Å². The lowest BCUT2D eigenvalue weighted by Crippen LogP contribution is -2.22. The Hall–Kier alpha value is -2.04. The zero-order valence-corrected chi connectivity index (χ0v) is 14.3. The van der Waals surface area contributed by atoms with E-state index in [1.165, 1.54) is 6.07 Å². The van der Waals surface area contributed by atoms with Gasteiger partial charge in [-0.1, -0.05) is 35.3 Å². The number of rotatable bonds is 4. The maximum atomic E-state index is 12.0. The highest BCUT2D eigenvalue weighted by Crippen LogP contribution is 2.25. The summed E-state index contributed by atoms with van der Waals surface area (Å²) in [5.41, 5.74) is 3.12. The van der Waals surface area contributed by atoms with Crippen LogP contribution in [0.3, 0.4) is 0 Å². The van der Waals surface area contributed by atoms with Crippen LogP contribution in [0.1, 0.15) is 17.5 Å². The predicted molar refractivity (Wildman–Crippen MR) is 94.3 cm³/mol. The minimum absolute atomic E-state index is 0.309. The summed E-state index contributed by atoms with van der Waals surface area (Å²) < 4.78 is 0. The topological polar surface area (TPSA) is 58.2 Å². The monoisotopic (exact) mass is 350 g/mol. The molecule has 0 aliphatic rings. The van der Waals surface area contributed by atoms with Crippen LogP contribution in [0.25, 0.3) is 0 Å². The molecule has 4 nitrogen and oxygen atoms in total. The van der Waals surface area contributed by atoms with Gasteiger partial charge >= 0.3 is 0 Å². The van der Waals surface area contributed by atoms with Crippen LogP contribution < -0.4 is 10.6 Å². The van der Waals surface area contributed by atoms with Crippen molar-refractivity contribution in [1.82, 2.24) is 0 Å². The molecule has 2 aromatic rings. The van der Waals surface area contributed by atoms with Gasteiger partial charge in [-0.15, -0.1) is 0 Å². The van der Waals surface area contributed by atoms with Gasteiger partial charge in [0, 0.05) is 10.7 Å². The summed E-state index contributed by atoms with van der Waals surface area (Å²) in [5, 5.41) is 6.12. The Morgan fingerprint density at radius 3 is 2.30 bits per heavy atom. The molecular formula is C17H16Cl2N2O2. The SMILES string of the molecule is Cc1cccc(NC(=O)CC(=O)Nc2cc(Cl)ccc2Cl)c1C. The summed E-state index contributed by atoms with van der Waals surface area (Å²) in [6, 6.07) is 10.3. The third-order valence-corrected chi connectivity index (χ3v) is 3.97. The average Bonchev–Trinajstić information content (AvgIpc) is 2.47. The molecule has 2 rings (SSSR count). The zero-order chi connectivity index (χ0) is 17.0. The standard InChI is InChI=1S/C17H16Cl2N2O2/c1-10-4-3-5-14(11(10)2)20-16(22)9-17(23)21-15-8-12(18)6-7-13(15)19/h3-8H,9H2,1-2H3,(H,20,22)(H,21,23). The van der Waals surface area contributed by atoms with E-state index in [1.54, 1.807) is 18.2 Å². The van der Waals surface area contributed by atoms with Crippen molar-refractivity contribution in [3.63, 3.8) is 0 Å². The van der Waals surface area contributed by atoms with Crippen molar-refractivity contribution in [2.45, 2.75) is 20.3 Å². The Labute approximate surface area is 144 Å². The van der Waals surface area contributed by atoms with Gasteiger partial charge in [-0.05, 0) is 49.2 Å². The Kier molecular flexibility index (Phi) is 5.64. The van der Waals surface area contributed by atoms with E-state index in [2.05, 4.69) is 10.6 Å². The molecule has 0 saturated heterocycles. The number of aryl methyl sites for hydroxylation is 1. The molecule has 0 aliphatic heterocycles.